The predicted molar refractivity (Wildman–Crippen MR) is 155 cm³/mol. The number of halogens is 1. The molecule has 2 N–H and O–H groups in total. The number of benzene rings is 2. The molecule has 2 aromatic heterocycles. The lowest BCUT2D eigenvalue weighted by Gasteiger charge is -2.28. The van der Waals surface area contributed by atoms with Crippen molar-refractivity contribution in [1.29, 1.82) is 0 Å². The number of hydrogen-bond donors (Lipinski definition) is 2. The van der Waals surface area contributed by atoms with Crippen LogP contribution in [0.1, 0.15) is 5.56 Å². The number of fused-ring (bicyclic) bond motifs is 1. The van der Waals surface area contributed by atoms with Gasteiger partial charge in [-0.1, -0.05) is 41.9 Å². The van der Waals surface area contributed by atoms with Gasteiger partial charge in [-0.2, -0.15) is 10.1 Å². The molecule has 0 saturated heterocycles. The summed E-state index contributed by atoms with van der Waals surface area (Å²) in [5.74, 6) is 0.363. The number of urea groups is 1. The number of nitrogens with one attached hydrogen (secondary N) is 2. The van der Waals surface area contributed by atoms with Crippen LogP contribution in [-0.2, 0) is 23.0 Å². The summed E-state index contributed by atoms with van der Waals surface area (Å²) >= 11 is 6.23. The van der Waals surface area contributed by atoms with Crippen LogP contribution in [-0.4, -0.2) is 51.9 Å². The predicted octanol–water partition coefficient (Wildman–Crippen LogP) is 5.07. The zero-order valence-corrected chi connectivity index (χ0v) is 22.7. The van der Waals surface area contributed by atoms with E-state index in [-0.39, 0.29) is 23.0 Å². The SMILES string of the molecule is COC/C=C/C(=O)Nc1cccc(N2C(=O)N(c3ccccc3)CCc3cnc(Nc4cn(C)nc4Cl)nc32)c1. The van der Waals surface area contributed by atoms with E-state index in [2.05, 4.69) is 20.7 Å². The molecule has 0 unspecified atom stereocenters. The number of ether oxygens (including phenoxy) is 1. The van der Waals surface area contributed by atoms with Crippen LogP contribution >= 0.6 is 11.6 Å². The van der Waals surface area contributed by atoms with E-state index in [0.29, 0.717) is 42.5 Å². The third-order valence-corrected chi connectivity index (χ3v) is 6.36. The lowest BCUT2D eigenvalue weighted by atomic mass is 10.2. The first kappa shape index (κ1) is 26.9. The molecule has 0 atom stereocenters. The maximum Gasteiger partial charge on any atom is 0.334 e. The van der Waals surface area contributed by atoms with Gasteiger partial charge in [0.15, 0.2) is 5.15 Å². The van der Waals surface area contributed by atoms with Gasteiger partial charge in [0.25, 0.3) is 0 Å². The summed E-state index contributed by atoms with van der Waals surface area (Å²) in [6, 6.07) is 16.2. The number of aryl methyl sites for hydroxylation is 1. The van der Waals surface area contributed by atoms with Crippen LogP contribution in [0.5, 0.6) is 0 Å². The maximum absolute atomic E-state index is 14.2. The molecular weight excluding hydrogens is 532 g/mol. The van der Waals surface area contributed by atoms with Gasteiger partial charge >= 0.3 is 6.03 Å². The molecule has 1 aliphatic heterocycles. The highest BCUT2D eigenvalue weighted by atomic mass is 35.5. The Morgan fingerprint density at radius 3 is 2.70 bits per heavy atom. The van der Waals surface area contributed by atoms with Crippen LogP contribution < -0.4 is 20.4 Å². The second kappa shape index (κ2) is 12.0. The molecule has 0 bridgehead atoms. The molecule has 1 aliphatic rings. The first-order valence-corrected chi connectivity index (χ1v) is 12.9. The summed E-state index contributed by atoms with van der Waals surface area (Å²) < 4.78 is 6.53. The molecule has 0 aliphatic carbocycles. The van der Waals surface area contributed by atoms with Crippen molar-refractivity contribution >= 4 is 58.1 Å². The normalized spacial score (nSPS) is 13.3. The van der Waals surface area contributed by atoms with E-state index in [1.807, 2.05) is 30.3 Å². The van der Waals surface area contributed by atoms with E-state index >= 15 is 0 Å². The van der Waals surface area contributed by atoms with Crippen molar-refractivity contribution in [3.8, 4) is 0 Å². The van der Waals surface area contributed by atoms with E-state index in [0.717, 1.165) is 11.3 Å². The molecule has 0 saturated carbocycles. The highest BCUT2D eigenvalue weighted by molar-refractivity contribution is 6.32. The molecular formula is C28H27ClN8O3. The van der Waals surface area contributed by atoms with E-state index in [1.165, 1.54) is 11.0 Å². The Labute approximate surface area is 236 Å². The van der Waals surface area contributed by atoms with Crippen LogP contribution in [0.25, 0.3) is 0 Å². The minimum atomic E-state index is -0.315. The van der Waals surface area contributed by atoms with Crippen LogP contribution in [0.3, 0.4) is 0 Å². The van der Waals surface area contributed by atoms with Crippen molar-refractivity contribution in [3.05, 3.63) is 89.9 Å². The van der Waals surface area contributed by atoms with Gasteiger partial charge < -0.3 is 15.4 Å². The lowest BCUT2D eigenvalue weighted by molar-refractivity contribution is -0.111. The van der Waals surface area contributed by atoms with E-state index in [1.54, 1.807) is 66.5 Å². The number of anilines is 6. The fraction of sp³-hybridized carbons (Fsp3) is 0.179. The molecule has 0 radical (unpaired) electrons. The van der Waals surface area contributed by atoms with Gasteiger partial charge in [-0.15, -0.1) is 0 Å². The van der Waals surface area contributed by atoms with Gasteiger partial charge in [0.1, 0.15) is 5.82 Å². The number of nitrogens with zero attached hydrogens (tertiary/aromatic N) is 6. The van der Waals surface area contributed by atoms with Gasteiger partial charge in [-0.25, -0.2) is 14.7 Å². The van der Waals surface area contributed by atoms with Gasteiger partial charge in [0.2, 0.25) is 11.9 Å². The summed E-state index contributed by atoms with van der Waals surface area (Å²) in [5.41, 5.74) is 3.12. The molecule has 3 amide bonds. The van der Waals surface area contributed by atoms with Crippen molar-refractivity contribution in [2.24, 2.45) is 7.05 Å². The summed E-state index contributed by atoms with van der Waals surface area (Å²) in [6.07, 6.45) is 6.96. The number of rotatable bonds is 8. The lowest BCUT2D eigenvalue weighted by Crippen LogP contribution is -2.40. The second-order valence-electron chi connectivity index (χ2n) is 8.93. The standard InChI is InChI=1S/C28H27ClN8O3/c1-35-18-23(25(29)34-35)32-27-30-17-19-13-14-36(21-9-4-3-5-10-21)28(39)37(26(19)33-27)22-11-6-8-20(16-22)31-24(38)12-7-15-40-2/h3-12,16-18H,13-15H2,1-2H3,(H,31,38)(H,30,32,33)/b12-7+. The maximum atomic E-state index is 14.2. The number of carbonyl (C=O) groups is 2. The molecule has 0 fully saturated rings. The van der Waals surface area contributed by atoms with E-state index in [4.69, 9.17) is 21.3 Å². The Balaban J connectivity index is 1.55. The monoisotopic (exact) mass is 558 g/mol. The molecule has 11 nitrogen and oxygen atoms in total. The van der Waals surface area contributed by atoms with Crippen LogP contribution in [0.4, 0.5) is 39.3 Å². The van der Waals surface area contributed by atoms with Crippen LogP contribution in [0.15, 0.2) is 79.1 Å². The molecule has 0 spiro atoms. The second-order valence-corrected chi connectivity index (χ2v) is 9.29. The number of carbonyl (C=O) groups excluding carboxylic acids is 2. The number of methoxy groups -OCH3 is 1. The van der Waals surface area contributed by atoms with E-state index in [9.17, 15) is 9.59 Å². The Kier molecular flexibility index (Phi) is 8.04. The zero-order valence-electron chi connectivity index (χ0n) is 21.9. The number of aromatic nitrogens is 4. The largest absolute Gasteiger partial charge is 0.381 e. The Hall–Kier alpha value is -4.74. The summed E-state index contributed by atoms with van der Waals surface area (Å²) in [6.45, 7) is 0.750. The fourth-order valence-electron chi connectivity index (χ4n) is 4.27. The summed E-state index contributed by atoms with van der Waals surface area (Å²) in [5, 5.41) is 10.3. The number of para-hydroxylation sites is 1. The third kappa shape index (κ3) is 5.95. The first-order chi connectivity index (χ1) is 19.4. The Morgan fingerprint density at radius 2 is 1.95 bits per heavy atom. The highest BCUT2D eigenvalue weighted by Crippen LogP contribution is 2.35. The first-order valence-electron chi connectivity index (χ1n) is 12.5. The summed E-state index contributed by atoms with van der Waals surface area (Å²) in [7, 11) is 3.31. The molecule has 40 heavy (non-hydrogen) atoms. The molecule has 5 rings (SSSR count). The molecule has 12 heteroatoms. The molecule has 4 aromatic rings. The quantitative estimate of drug-likeness (QED) is 0.290. The highest BCUT2D eigenvalue weighted by Gasteiger charge is 2.32. The van der Waals surface area contributed by atoms with Crippen LogP contribution in [0, 0.1) is 0 Å². The van der Waals surface area contributed by atoms with Gasteiger partial charge in [-0.3, -0.25) is 14.4 Å². The zero-order chi connectivity index (χ0) is 28.1. The third-order valence-electron chi connectivity index (χ3n) is 6.08. The summed E-state index contributed by atoms with van der Waals surface area (Å²) in [4.78, 5) is 39.0. The molecule has 3 heterocycles. The van der Waals surface area contributed by atoms with Gasteiger partial charge in [-0.05, 0) is 36.8 Å². The van der Waals surface area contributed by atoms with E-state index < -0.39 is 0 Å². The molecule has 2 aromatic carbocycles. The van der Waals surface area contributed by atoms with Crippen molar-refractivity contribution in [2.45, 2.75) is 6.42 Å². The van der Waals surface area contributed by atoms with Gasteiger partial charge in [0.05, 0.1) is 18.0 Å². The van der Waals surface area contributed by atoms with Crippen molar-refractivity contribution in [1.82, 2.24) is 19.7 Å². The average Bonchev–Trinajstić information content (AvgIpc) is 3.18. The number of amides is 3. The minimum Gasteiger partial charge on any atom is -0.381 e. The topological polar surface area (TPSA) is 118 Å². The Bertz CT molecular complexity index is 1560. The smallest absolute Gasteiger partial charge is 0.334 e. The van der Waals surface area contributed by atoms with Crippen molar-refractivity contribution < 1.29 is 14.3 Å². The van der Waals surface area contributed by atoms with Crippen molar-refractivity contribution in [3.63, 3.8) is 0 Å². The minimum absolute atomic E-state index is 0.257. The van der Waals surface area contributed by atoms with Crippen LogP contribution in [0.2, 0.25) is 5.15 Å². The van der Waals surface area contributed by atoms with Gasteiger partial charge in [0, 0.05) is 56.1 Å². The van der Waals surface area contributed by atoms with Crippen molar-refractivity contribution in [2.75, 3.05) is 40.7 Å². The Morgan fingerprint density at radius 1 is 1.15 bits per heavy atom. The fourth-order valence-corrected chi connectivity index (χ4v) is 4.49. The number of hydrogen-bond acceptors (Lipinski definition) is 7. The molecule has 204 valence electrons. The average molecular weight is 559 g/mol.